The predicted molar refractivity (Wildman–Crippen MR) is 77.0 cm³/mol. The van der Waals surface area contributed by atoms with Crippen molar-refractivity contribution in [3.63, 3.8) is 0 Å². The van der Waals surface area contributed by atoms with Crippen LogP contribution in [-0.4, -0.2) is 24.2 Å². The lowest BCUT2D eigenvalue weighted by Gasteiger charge is -2.19. The average Bonchev–Trinajstić information content (AvgIpc) is 2.81. The lowest BCUT2D eigenvalue weighted by molar-refractivity contribution is 0.556. The molecule has 0 spiro atoms. The molecule has 1 aromatic heterocycles. The summed E-state index contributed by atoms with van der Waals surface area (Å²) in [5.41, 5.74) is 0.863. The lowest BCUT2D eigenvalue weighted by atomic mass is 10.2. The molecule has 0 atom stereocenters. The van der Waals surface area contributed by atoms with Gasteiger partial charge in [0.1, 0.15) is 0 Å². The van der Waals surface area contributed by atoms with E-state index in [0.717, 1.165) is 18.5 Å². The minimum Gasteiger partial charge on any atom is -0.380 e. The molecular weight excluding hydrogens is 260 g/mol. The maximum absolute atomic E-state index is 12.2. The number of hydrogen-bond acceptors (Lipinski definition) is 4. The van der Waals surface area contributed by atoms with E-state index in [4.69, 9.17) is 0 Å². The van der Waals surface area contributed by atoms with Gasteiger partial charge in [-0.05, 0) is 45.7 Å². The van der Waals surface area contributed by atoms with E-state index < -0.39 is 14.6 Å². The van der Waals surface area contributed by atoms with Crippen LogP contribution in [0.4, 0.5) is 5.69 Å². The van der Waals surface area contributed by atoms with Crippen molar-refractivity contribution in [2.24, 2.45) is 0 Å². The van der Waals surface area contributed by atoms with Crippen molar-refractivity contribution in [3.8, 4) is 0 Å². The summed E-state index contributed by atoms with van der Waals surface area (Å²) >= 11 is 0. The minimum atomic E-state index is -3.37. The molecule has 2 rings (SSSR count). The maximum Gasteiger partial charge on any atom is 0.200 e. The Morgan fingerprint density at radius 2 is 1.84 bits per heavy atom. The van der Waals surface area contributed by atoms with Gasteiger partial charge >= 0.3 is 0 Å². The largest absolute Gasteiger partial charge is 0.380 e. The van der Waals surface area contributed by atoms with Crippen LogP contribution in [0.3, 0.4) is 0 Å². The van der Waals surface area contributed by atoms with E-state index in [0.29, 0.717) is 6.04 Å². The summed E-state index contributed by atoms with van der Waals surface area (Å²) < 4.78 is 23.6. The molecular formula is C14H20N2O2S. The second-order valence-corrected chi connectivity index (χ2v) is 8.43. The molecule has 104 valence electrons. The van der Waals surface area contributed by atoms with Crippen LogP contribution in [0, 0.1) is 0 Å². The first kappa shape index (κ1) is 14.1. The van der Waals surface area contributed by atoms with Crippen LogP contribution in [0.5, 0.6) is 0 Å². The molecule has 0 saturated carbocycles. The number of sulfone groups is 1. The predicted octanol–water partition coefficient (Wildman–Crippen LogP) is 2.78. The Hall–Kier alpha value is -1.36. The molecule has 1 aliphatic carbocycles. The highest BCUT2D eigenvalue weighted by Crippen LogP contribution is 2.24. The molecule has 19 heavy (non-hydrogen) atoms. The summed E-state index contributed by atoms with van der Waals surface area (Å²) in [5.74, 6) is 0. The van der Waals surface area contributed by atoms with Crippen molar-refractivity contribution >= 4 is 15.5 Å². The van der Waals surface area contributed by atoms with Crippen molar-refractivity contribution in [3.05, 3.63) is 30.5 Å². The zero-order valence-corrected chi connectivity index (χ0v) is 12.4. The molecule has 1 aliphatic rings. The fraction of sp³-hybridized carbons (Fsp3) is 0.500. The topological polar surface area (TPSA) is 59.1 Å². The fourth-order valence-corrected chi connectivity index (χ4v) is 2.98. The van der Waals surface area contributed by atoms with Crippen LogP contribution in [0.1, 0.15) is 33.6 Å². The SMILES string of the molecule is CC(C)(C)S(=O)(=O)c1ccc(NC2CC=CC2)cn1. The third kappa shape index (κ3) is 2.97. The molecule has 0 unspecified atom stereocenters. The van der Waals surface area contributed by atoms with Gasteiger partial charge in [0.15, 0.2) is 14.9 Å². The lowest BCUT2D eigenvalue weighted by Crippen LogP contribution is -2.28. The van der Waals surface area contributed by atoms with Crippen molar-refractivity contribution in [1.82, 2.24) is 4.98 Å². The van der Waals surface area contributed by atoms with Crippen LogP contribution in [0.15, 0.2) is 35.5 Å². The molecule has 0 amide bonds. The highest BCUT2D eigenvalue weighted by atomic mass is 32.2. The Morgan fingerprint density at radius 3 is 2.32 bits per heavy atom. The Morgan fingerprint density at radius 1 is 1.21 bits per heavy atom. The Bertz CT molecular complexity index is 560. The molecule has 4 nitrogen and oxygen atoms in total. The number of anilines is 1. The van der Waals surface area contributed by atoms with E-state index in [1.54, 1.807) is 39.1 Å². The van der Waals surface area contributed by atoms with Crippen molar-refractivity contribution in [2.75, 3.05) is 5.32 Å². The Labute approximate surface area is 114 Å². The first-order valence-electron chi connectivity index (χ1n) is 6.43. The molecule has 0 radical (unpaired) electrons. The van der Waals surface area contributed by atoms with Crippen LogP contribution in [-0.2, 0) is 9.84 Å². The molecule has 0 aliphatic heterocycles. The van der Waals surface area contributed by atoms with Crippen molar-refractivity contribution in [2.45, 2.75) is 49.4 Å². The molecule has 1 N–H and O–H groups in total. The fourth-order valence-electron chi connectivity index (χ4n) is 1.91. The van der Waals surface area contributed by atoms with Gasteiger partial charge in [0.25, 0.3) is 0 Å². The number of pyridine rings is 1. The molecule has 0 bridgehead atoms. The van der Waals surface area contributed by atoms with Crippen molar-refractivity contribution in [1.29, 1.82) is 0 Å². The van der Waals surface area contributed by atoms with Gasteiger partial charge in [-0.1, -0.05) is 12.2 Å². The van der Waals surface area contributed by atoms with E-state index in [1.807, 2.05) is 0 Å². The number of rotatable bonds is 3. The van der Waals surface area contributed by atoms with Gasteiger partial charge in [-0.2, -0.15) is 0 Å². The van der Waals surface area contributed by atoms with Gasteiger partial charge in [-0.25, -0.2) is 13.4 Å². The third-order valence-electron chi connectivity index (χ3n) is 3.20. The summed E-state index contributed by atoms with van der Waals surface area (Å²) in [4.78, 5) is 4.09. The number of aromatic nitrogens is 1. The van der Waals surface area contributed by atoms with Gasteiger partial charge < -0.3 is 5.32 Å². The summed E-state index contributed by atoms with van der Waals surface area (Å²) in [7, 11) is -3.37. The van der Waals surface area contributed by atoms with E-state index in [9.17, 15) is 8.42 Å². The standard InChI is InChI=1S/C14H20N2O2S/c1-14(2,3)19(17,18)13-9-8-12(10-15-13)16-11-6-4-5-7-11/h4-5,8-11,16H,6-7H2,1-3H3. The molecule has 1 heterocycles. The quantitative estimate of drug-likeness (QED) is 0.865. The van der Waals surface area contributed by atoms with Gasteiger partial charge in [-0.15, -0.1) is 0 Å². The van der Waals surface area contributed by atoms with E-state index >= 15 is 0 Å². The van der Waals surface area contributed by atoms with Crippen molar-refractivity contribution < 1.29 is 8.42 Å². The summed E-state index contributed by atoms with van der Waals surface area (Å²) in [6, 6.07) is 3.75. The second-order valence-electron chi connectivity index (χ2n) is 5.78. The summed E-state index contributed by atoms with van der Waals surface area (Å²) in [6.07, 6.45) is 7.88. The van der Waals surface area contributed by atoms with Gasteiger partial charge in [0.2, 0.25) is 0 Å². The van der Waals surface area contributed by atoms with Crippen LogP contribution >= 0.6 is 0 Å². The first-order valence-corrected chi connectivity index (χ1v) is 7.91. The molecule has 1 aromatic rings. The van der Waals surface area contributed by atoms with E-state index in [1.165, 1.54) is 0 Å². The minimum absolute atomic E-state index is 0.134. The monoisotopic (exact) mass is 280 g/mol. The Kier molecular flexibility index (Phi) is 3.67. The average molecular weight is 280 g/mol. The first-order chi connectivity index (χ1) is 8.80. The summed E-state index contributed by atoms with van der Waals surface area (Å²) in [5, 5.41) is 3.47. The van der Waals surface area contributed by atoms with E-state index in [-0.39, 0.29) is 5.03 Å². The summed E-state index contributed by atoms with van der Waals surface area (Å²) in [6.45, 7) is 5.04. The highest BCUT2D eigenvalue weighted by molar-refractivity contribution is 7.92. The Balaban J connectivity index is 2.14. The van der Waals surface area contributed by atoms with Gasteiger partial charge in [0.05, 0.1) is 16.6 Å². The van der Waals surface area contributed by atoms with Gasteiger partial charge in [-0.3, -0.25) is 0 Å². The number of nitrogens with zero attached hydrogens (tertiary/aromatic N) is 1. The molecule has 0 aromatic carbocycles. The molecule has 0 fully saturated rings. The normalized spacial score (nSPS) is 16.8. The van der Waals surface area contributed by atoms with Crippen LogP contribution in [0.25, 0.3) is 0 Å². The highest BCUT2D eigenvalue weighted by Gasteiger charge is 2.31. The van der Waals surface area contributed by atoms with Crippen LogP contribution in [0.2, 0.25) is 0 Å². The van der Waals surface area contributed by atoms with E-state index in [2.05, 4.69) is 22.5 Å². The number of hydrogen-bond donors (Lipinski definition) is 1. The number of nitrogens with one attached hydrogen (secondary N) is 1. The molecule has 5 heteroatoms. The molecule has 0 saturated heterocycles. The van der Waals surface area contributed by atoms with Gasteiger partial charge in [0, 0.05) is 6.04 Å². The third-order valence-corrected chi connectivity index (χ3v) is 5.60. The smallest absolute Gasteiger partial charge is 0.200 e. The zero-order valence-electron chi connectivity index (χ0n) is 11.6. The van der Waals surface area contributed by atoms with Crippen LogP contribution < -0.4 is 5.32 Å². The maximum atomic E-state index is 12.2. The second kappa shape index (κ2) is 4.96. The zero-order chi connectivity index (χ0) is 14.1.